The summed E-state index contributed by atoms with van der Waals surface area (Å²) in [5, 5.41) is 17.1. The van der Waals surface area contributed by atoms with Crippen molar-refractivity contribution < 1.29 is 24.5 Å². The summed E-state index contributed by atoms with van der Waals surface area (Å²) in [6, 6.07) is 16.6. The van der Waals surface area contributed by atoms with Crippen molar-refractivity contribution in [2.24, 2.45) is 0 Å². The van der Waals surface area contributed by atoms with Crippen molar-refractivity contribution in [3.05, 3.63) is 77.4 Å². The van der Waals surface area contributed by atoms with E-state index in [4.69, 9.17) is 14.9 Å². The molecule has 136 valence electrons. The van der Waals surface area contributed by atoms with Crippen molar-refractivity contribution in [1.29, 1.82) is 0 Å². The summed E-state index contributed by atoms with van der Waals surface area (Å²) in [5.41, 5.74) is 2.17. The van der Waals surface area contributed by atoms with Crippen LogP contribution in [0, 0.1) is 0 Å². The van der Waals surface area contributed by atoms with Crippen LogP contribution in [0.2, 0.25) is 0 Å². The van der Waals surface area contributed by atoms with E-state index in [1.165, 1.54) is 0 Å². The van der Waals surface area contributed by atoms with Crippen LogP contribution in [0.25, 0.3) is 12.2 Å². The fourth-order valence-electron chi connectivity index (χ4n) is 1.95. The third-order valence-electron chi connectivity index (χ3n) is 3.33. The number of carbonyl (C=O) groups is 2. The Morgan fingerprint density at radius 2 is 1.58 bits per heavy atom. The molecular formula is C21H22O5. The molecule has 0 fully saturated rings. The second-order valence-electron chi connectivity index (χ2n) is 5.18. The molecule has 0 aliphatic carbocycles. The summed E-state index contributed by atoms with van der Waals surface area (Å²) in [6.45, 7) is 1.82. The average molecular weight is 354 g/mol. The summed E-state index contributed by atoms with van der Waals surface area (Å²) >= 11 is 0. The molecule has 0 saturated heterocycles. The minimum atomic E-state index is -0.922. The zero-order valence-corrected chi connectivity index (χ0v) is 14.8. The summed E-state index contributed by atoms with van der Waals surface area (Å²) in [5.74, 6) is -1.03. The molecule has 2 N–H and O–H groups in total. The maximum atomic E-state index is 10.8. The number of aliphatic carboxylic acids is 2. The van der Waals surface area contributed by atoms with Gasteiger partial charge in [-0.25, -0.2) is 9.59 Å². The fraction of sp³-hybridized carbons (Fsp3) is 0.143. The Morgan fingerprint density at radius 3 is 2.04 bits per heavy atom. The Hall–Kier alpha value is -3.34. The van der Waals surface area contributed by atoms with Gasteiger partial charge in [0.05, 0.1) is 7.11 Å². The number of ether oxygens (including phenoxy) is 1. The summed E-state index contributed by atoms with van der Waals surface area (Å²) in [4.78, 5) is 20.9. The van der Waals surface area contributed by atoms with Gasteiger partial charge in [-0.3, -0.25) is 0 Å². The lowest BCUT2D eigenvalue weighted by Gasteiger charge is -2.01. The maximum Gasteiger partial charge on any atom is 0.331 e. The van der Waals surface area contributed by atoms with Gasteiger partial charge in [-0.1, -0.05) is 49.4 Å². The minimum Gasteiger partial charge on any atom is -0.497 e. The fourth-order valence-corrected chi connectivity index (χ4v) is 1.95. The molecule has 0 atom stereocenters. The first-order valence-corrected chi connectivity index (χ1v) is 8.00. The molecule has 0 unspecified atom stereocenters. The van der Waals surface area contributed by atoms with Crippen molar-refractivity contribution >= 4 is 24.1 Å². The van der Waals surface area contributed by atoms with Gasteiger partial charge in [0, 0.05) is 11.6 Å². The molecule has 5 heteroatoms. The van der Waals surface area contributed by atoms with E-state index >= 15 is 0 Å². The van der Waals surface area contributed by atoms with Gasteiger partial charge < -0.3 is 14.9 Å². The van der Waals surface area contributed by atoms with Crippen LogP contribution in [0.5, 0.6) is 5.75 Å². The van der Waals surface area contributed by atoms with Crippen LogP contribution in [0.1, 0.15) is 24.5 Å². The van der Waals surface area contributed by atoms with Gasteiger partial charge in [0.2, 0.25) is 0 Å². The lowest BCUT2D eigenvalue weighted by atomic mass is 10.1. The van der Waals surface area contributed by atoms with Crippen LogP contribution >= 0.6 is 0 Å². The molecule has 0 aliphatic rings. The molecular weight excluding hydrogens is 332 g/mol. The summed E-state index contributed by atoms with van der Waals surface area (Å²) in [7, 11) is 1.60. The molecule has 2 rings (SSSR count). The highest BCUT2D eigenvalue weighted by Gasteiger charge is 2.03. The normalized spacial score (nSPS) is 10.8. The van der Waals surface area contributed by atoms with Crippen molar-refractivity contribution in [3.8, 4) is 5.75 Å². The number of methoxy groups -OCH3 is 1. The Kier molecular flexibility index (Phi) is 8.96. The number of hydrogen-bond acceptors (Lipinski definition) is 3. The third-order valence-corrected chi connectivity index (χ3v) is 3.33. The highest BCUT2D eigenvalue weighted by Crippen LogP contribution is 2.15. The van der Waals surface area contributed by atoms with E-state index < -0.39 is 11.9 Å². The maximum absolute atomic E-state index is 10.8. The van der Waals surface area contributed by atoms with Gasteiger partial charge in [-0.05, 0) is 41.8 Å². The lowest BCUT2D eigenvalue weighted by molar-refractivity contribution is -0.133. The largest absolute Gasteiger partial charge is 0.497 e. The third kappa shape index (κ3) is 7.97. The second-order valence-corrected chi connectivity index (χ2v) is 5.18. The average Bonchev–Trinajstić information content (AvgIpc) is 2.66. The van der Waals surface area contributed by atoms with Crippen LogP contribution < -0.4 is 4.74 Å². The first-order chi connectivity index (χ1) is 12.5. The van der Waals surface area contributed by atoms with Gasteiger partial charge in [0.15, 0.2) is 0 Å². The van der Waals surface area contributed by atoms with E-state index in [0.29, 0.717) is 12.0 Å². The molecule has 5 nitrogen and oxygen atoms in total. The van der Waals surface area contributed by atoms with Crippen molar-refractivity contribution in [2.75, 3.05) is 7.11 Å². The monoisotopic (exact) mass is 354 g/mol. The molecule has 0 spiro atoms. The molecule has 0 saturated carbocycles. The number of carboxylic acid groups (broad SMARTS) is 2. The van der Waals surface area contributed by atoms with Crippen LogP contribution in [0.3, 0.4) is 0 Å². The Bertz CT molecular complexity index is 759. The van der Waals surface area contributed by atoms with Crippen molar-refractivity contribution in [1.82, 2.24) is 0 Å². The smallest absolute Gasteiger partial charge is 0.331 e. The summed E-state index contributed by atoms with van der Waals surface area (Å²) in [6.07, 6.45) is 4.86. The minimum absolute atomic E-state index is 0.403. The van der Waals surface area contributed by atoms with E-state index in [-0.39, 0.29) is 0 Å². The second kappa shape index (κ2) is 11.3. The number of benzene rings is 2. The molecule has 2 aromatic carbocycles. The number of carboxylic acids is 2. The molecule has 2 aromatic rings. The van der Waals surface area contributed by atoms with Crippen molar-refractivity contribution in [2.45, 2.75) is 13.3 Å². The Balaban J connectivity index is 0.000000273. The lowest BCUT2D eigenvalue weighted by Crippen LogP contribution is -1.98. The van der Waals surface area contributed by atoms with E-state index in [9.17, 15) is 9.59 Å². The topological polar surface area (TPSA) is 83.8 Å². The molecule has 26 heavy (non-hydrogen) atoms. The van der Waals surface area contributed by atoms with Gasteiger partial charge >= 0.3 is 11.9 Å². The zero-order chi connectivity index (χ0) is 19.4. The number of rotatable bonds is 6. The van der Waals surface area contributed by atoms with Crippen LogP contribution in [0.15, 0.2) is 66.2 Å². The highest BCUT2D eigenvalue weighted by atomic mass is 16.5. The van der Waals surface area contributed by atoms with Crippen LogP contribution in [-0.2, 0) is 9.59 Å². The van der Waals surface area contributed by atoms with E-state index in [1.54, 1.807) is 31.4 Å². The predicted molar refractivity (Wildman–Crippen MR) is 102 cm³/mol. The van der Waals surface area contributed by atoms with Crippen molar-refractivity contribution in [3.63, 3.8) is 0 Å². The van der Waals surface area contributed by atoms with Gasteiger partial charge in [-0.2, -0.15) is 0 Å². The highest BCUT2D eigenvalue weighted by molar-refractivity contribution is 5.92. The first-order valence-electron chi connectivity index (χ1n) is 8.00. The van der Waals surface area contributed by atoms with Gasteiger partial charge in [0.25, 0.3) is 0 Å². The number of hydrogen-bond donors (Lipinski definition) is 2. The van der Waals surface area contributed by atoms with Gasteiger partial charge in [-0.15, -0.1) is 0 Å². The summed E-state index contributed by atoms with van der Waals surface area (Å²) < 4.78 is 5.01. The molecule has 0 aromatic heterocycles. The van der Waals surface area contributed by atoms with E-state index in [1.807, 2.05) is 49.4 Å². The van der Waals surface area contributed by atoms with E-state index in [0.717, 1.165) is 23.0 Å². The molecule has 0 amide bonds. The Morgan fingerprint density at radius 1 is 0.962 bits per heavy atom. The molecule has 0 heterocycles. The zero-order valence-electron chi connectivity index (χ0n) is 14.8. The molecule has 0 aliphatic heterocycles. The molecule has 0 bridgehead atoms. The first kappa shape index (κ1) is 20.7. The standard InChI is InChI=1S/C12H14O3.C9H8O2/c1-3-10(12(13)14)8-9-4-6-11(15-2)7-5-9;10-9(11)7-6-8-4-2-1-3-5-8/h4-8H,3H2,1-2H3,(H,13,14);1-7H,(H,10,11). The van der Waals surface area contributed by atoms with E-state index in [2.05, 4.69) is 0 Å². The van der Waals surface area contributed by atoms with Crippen LogP contribution in [0.4, 0.5) is 0 Å². The quantitative estimate of drug-likeness (QED) is 0.753. The SMILES string of the molecule is CCC(=Cc1ccc(OC)cc1)C(=O)O.O=C(O)C=Cc1ccccc1. The van der Waals surface area contributed by atoms with Gasteiger partial charge in [0.1, 0.15) is 5.75 Å². The Labute approximate surface area is 152 Å². The predicted octanol–water partition coefficient (Wildman–Crippen LogP) is 4.36. The molecule has 0 radical (unpaired) electrons. The van der Waals surface area contributed by atoms with Crippen LogP contribution in [-0.4, -0.2) is 29.3 Å².